The van der Waals surface area contributed by atoms with Crippen LogP contribution < -0.4 is 4.74 Å². The molecule has 0 bridgehead atoms. The highest BCUT2D eigenvalue weighted by atomic mass is 35.7. The van der Waals surface area contributed by atoms with Crippen molar-refractivity contribution in [3.05, 3.63) is 29.3 Å². The van der Waals surface area contributed by atoms with E-state index in [1.165, 1.54) is 0 Å². The smallest absolute Gasteiger partial charge is 0.233 e. The zero-order valence-electron chi connectivity index (χ0n) is 11.2. The Bertz CT molecular complexity index is 501. The van der Waals surface area contributed by atoms with Crippen LogP contribution in [-0.2, 0) is 9.05 Å². The molecular formula is C13H19ClO3S. The van der Waals surface area contributed by atoms with Gasteiger partial charge >= 0.3 is 0 Å². The quantitative estimate of drug-likeness (QED) is 0.782. The number of ether oxygens (including phenoxy) is 1. The third-order valence-electron chi connectivity index (χ3n) is 2.39. The van der Waals surface area contributed by atoms with Gasteiger partial charge in [0.2, 0.25) is 9.05 Å². The van der Waals surface area contributed by atoms with Gasteiger partial charge in [-0.2, -0.15) is 0 Å². The number of benzene rings is 1. The Morgan fingerprint density at radius 2 is 1.67 bits per heavy atom. The van der Waals surface area contributed by atoms with Crippen molar-refractivity contribution in [3.8, 4) is 5.75 Å². The number of hydrogen-bond acceptors (Lipinski definition) is 3. The second-order valence-electron chi connectivity index (χ2n) is 5.46. The maximum absolute atomic E-state index is 11.1. The zero-order chi connectivity index (χ0) is 14.0. The summed E-state index contributed by atoms with van der Waals surface area (Å²) in [5.41, 5.74) is 1.72. The third-order valence-corrected chi connectivity index (χ3v) is 3.84. The first-order valence-electron chi connectivity index (χ1n) is 5.71. The lowest BCUT2D eigenvalue weighted by Gasteiger charge is -2.23. The van der Waals surface area contributed by atoms with Crippen molar-refractivity contribution in [2.75, 3.05) is 12.4 Å². The molecule has 1 rings (SSSR count). The molecule has 0 aromatic heterocycles. The fraction of sp³-hybridized carbons (Fsp3) is 0.538. The molecule has 1 aromatic rings. The van der Waals surface area contributed by atoms with Gasteiger partial charge in [0.1, 0.15) is 5.75 Å². The predicted octanol–water partition coefficient (Wildman–Crippen LogP) is 3.28. The Morgan fingerprint density at radius 1 is 1.17 bits per heavy atom. The second-order valence-corrected chi connectivity index (χ2v) is 8.24. The molecule has 0 saturated heterocycles. The van der Waals surface area contributed by atoms with Gasteiger partial charge in [-0.1, -0.05) is 19.9 Å². The Morgan fingerprint density at radius 3 is 2.11 bits per heavy atom. The SMILES string of the molecule is Cc1cc(C)cc(OCC(C)(C)CS(=O)(=O)Cl)c1. The van der Waals surface area contributed by atoms with E-state index in [1.54, 1.807) is 0 Å². The van der Waals surface area contributed by atoms with E-state index in [9.17, 15) is 8.42 Å². The fourth-order valence-corrected chi connectivity index (χ4v) is 3.71. The summed E-state index contributed by atoms with van der Waals surface area (Å²) in [5, 5.41) is 0. The number of hydrogen-bond donors (Lipinski definition) is 0. The van der Waals surface area contributed by atoms with E-state index < -0.39 is 14.5 Å². The summed E-state index contributed by atoms with van der Waals surface area (Å²) in [6, 6.07) is 5.91. The molecule has 0 radical (unpaired) electrons. The molecule has 102 valence electrons. The Kier molecular flexibility index (Phi) is 4.67. The Hall–Kier alpha value is -0.740. The van der Waals surface area contributed by atoms with E-state index >= 15 is 0 Å². The molecule has 0 spiro atoms. The molecule has 0 saturated carbocycles. The first kappa shape index (κ1) is 15.3. The Labute approximate surface area is 114 Å². The minimum atomic E-state index is -3.51. The molecule has 0 amide bonds. The van der Waals surface area contributed by atoms with E-state index in [0.717, 1.165) is 16.9 Å². The monoisotopic (exact) mass is 290 g/mol. The van der Waals surface area contributed by atoms with Gasteiger partial charge in [-0.3, -0.25) is 0 Å². The molecule has 0 aliphatic heterocycles. The molecule has 1 aromatic carbocycles. The normalized spacial score (nSPS) is 12.5. The van der Waals surface area contributed by atoms with Gasteiger partial charge in [-0.05, 0) is 37.1 Å². The summed E-state index contributed by atoms with van der Waals surface area (Å²) in [6.07, 6.45) is 0. The average Bonchev–Trinajstić information content (AvgIpc) is 2.09. The molecular weight excluding hydrogens is 272 g/mol. The summed E-state index contributed by atoms with van der Waals surface area (Å²) in [4.78, 5) is 0. The van der Waals surface area contributed by atoms with Gasteiger partial charge in [-0.25, -0.2) is 8.42 Å². The van der Waals surface area contributed by atoms with Crippen molar-refractivity contribution in [1.29, 1.82) is 0 Å². The van der Waals surface area contributed by atoms with Gasteiger partial charge in [-0.15, -0.1) is 0 Å². The van der Waals surface area contributed by atoms with Gasteiger partial charge in [0.15, 0.2) is 0 Å². The van der Waals surface area contributed by atoms with E-state index in [4.69, 9.17) is 15.4 Å². The van der Waals surface area contributed by atoms with Gasteiger partial charge in [0, 0.05) is 16.1 Å². The lowest BCUT2D eigenvalue weighted by Crippen LogP contribution is -2.28. The average molecular weight is 291 g/mol. The minimum Gasteiger partial charge on any atom is -0.493 e. The first-order chi connectivity index (χ1) is 8.07. The summed E-state index contributed by atoms with van der Waals surface area (Å²) >= 11 is 0. The van der Waals surface area contributed by atoms with Crippen LogP contribution in [0, 0.1) is 19.3 Å². The number of aryl methyl sites for hydroxylation is 2. The molecule has 3 nitrogen and oxygen atoms in total. The second kappa shape index (κ2) is 5.49. The highest BCUT2D eigenvalue weighted by Crippen LogP contribution is 2.23. The summed E-state index contributed by atoms with van der Waals surface area (Å²) < 4.78 is 27.8. The standard InChI is InChI=1S/C13H19ClO3S/c1-10-5-11(2)7-12(6-10)17-8-13(3,4)9-18(14,15)16/h5-7H,8-9H2,1-4H3. The largest absolute Gasteiger partial charge is 0.493 e. The first-order valence-corrected chi connectivity index (χ1v) is 8.19. The zero-order valence-corrected chi connectivity index (χ0v) is 12.7. The molecule has 5 heteroatoms. The Balaban J connectivity index is 2.69. The molecule has 0 heterocycles. The topological polar surface area (TPSA) is 43.4 Å². The minimum absolute atomic E-state index is 0.105. The lowest BCUT2D eigenvalue weighted by atomic mass is 9.98. The molecule has 0 N–H and O–H groups in total. The fourth-order valence-electron chi connectivity index (χ4n) is 1.80. The van der Waals surface area contributed by atoms with Crippen molar-refractivity contribution in [2.45, 2.75) is 27.7 Å². The van der Waals surface area contributed by atoms with E-state index in [-0.39, 0.29) is 5.75 Å². The molecule has 0 atom stereocenters. The summed E-state index contributed by atoms with van der Waals surface area (Å²) in [5.74, 6) is 0.652. The number of rotatable bonds is 5. The van der Waals surface area contributed by atoms with Crippen molar-refractivity contribution >= 4 is 19.7 Å². The van der Waals surface area contributed by atoms with Gasteiger partial charge in [0.25, 0.3) is 0 Å². The van der Waals surface area contributed by atoms with Crippen LogP contribution in [-0.4, -0.2) is 20.8 Å². The molecule has 0 aliphatic rings. The molecule has 0 fully saturated rings. The lowest BCUT2D eigenvalue weighted by molar-refractivity contribution is 0.200. The van der Waals surface area contributed by atoms with Crippen LogP contribution in [0.3, 0.4) is 0 Å². The molecule has 18 heavy (non-hydrogen) atoms. The van der Waals surface area contributed by atoms with E-state index in [0.29, 0.717) is 6.61 Å². The number of halogens is 1. The van der Waals surface area contributed by atoms with Gasteiger partial charge < -0.3 is 4.74 Å². The predicted molar refractivity (Wildman–Crippen MR) is 74.8 cm³/mol. The summed E-state index contributed by atoms with van der Waals surface area (Å²) in [7, 11) is 1.76. The third kappa shape index (κ3) is 5.74. The highest BCUT2D eigenvalue weighted by molar-refractivity contribution is 8.13. The highest BCUT2D eigenvalue weighted by Gasteiger charge is 2.25. The van der Waals surface area contributed by atoms with Crippen molar-refractivity contribution < 1.29 is 13.2 Å². The van der Waals surface area contributed by atoms with E-state index in [2.05, 4.69) is 6.07 Å². The van der Waals surface area contributed by atoms with Gasteiger partial charge in [0.05, 0.1) is 12.4 Å². The van der Waals surface area contributed by atoms with Crippen LogP contribution in [0.15, 0.2) is 18.2 Å². The molecule has 0 unspecified atom stereocenters. The van der Waals surface area contributed by atoms with Crippen LogP contribution in [0.5, 0.6) is 5.75 Å². The van der Waals surface area contributed by atoms with E-state index in [1.807, 2.05) is 39.8 Å². The van der Waals surface area contributed by atoms with Crippen LogP contribution in [0.4, 0.5) is 0 Å². The van der Waals surface area contributed by atoms with Crippen LogP contribution in [0.2, 0.25) is 0 Å². The van der Waals surface area contributed by atoms with Crippen LogP contribution in [0.25, 0.3) is 0 Å². The summed E-state index contributed by atoms with van der Waals surface area (Å²) in [6.45, 7) is 7.93. The van der Waals surface area contributed by atoms with Crippen molar-refractivity contribution in [3.63, 3.8) is 0 Å². The van der Waals surface area contributed by atoms with Crippen LogP contribution in [0.1, 0.15) is 25.0 Å². The van der Waals surface area contributed by atoms with Crippen molar-refractivity contribution in [2.24, 2.45) is 5.41 Å². The molecule has 0 aliphatic carbocycles. The van der Waals surface area contributed by atoms with Crippen molar-refractivity contribution in [1.82, 2.24) is 0 Å². The maximum atomic E-state index is 11.1. The maximum Gasteiger partial charge on any atom is 0.233 e. The van der Waals surface area contributed by atoms with Crippen LogP contribution >= 0.6 is 10.7 Å².